The zero-order valence-electron chi connectivity index (χ0n) is 19.3. The quantitative estimate of drug-likeness (QED) is 0.512. The highest BCUT2D eigenvalue weighted by atomic mass is 19.3. The molecule has 9 nitrogen and oxygen atoms in total. The maximum atomic E-state index is 13.5. The van der Waals surface area contributed by atoms with Gasteiger partial charge < -0.3 is 26.3 Å². The highest BCUT2D eigenvalue weighted by Gasteiger charge is 2.34. The Morgan fingerprint density at radius 1 is 1.17 bits per heavy atom. The third-order valence-electron chi connectivity index (χ3n) is 6.58. The summed E-state index contributed by atoms with van der Waals surface area (Å²) in [6.07, 6.45) is 2.83. The van der Waals surface area contributed by atoms with Crippen molar-refractivity contribution in [3.05, 3.63) is 35.5 Å². The van der Waals surface area contributed by atoms with Crippen molar-refractivity contribution in [3.63, 3.8) is 0 Å². The molecule has 1 aromatic carbocycles. The topological polar surface area (TPSA) is 135 Å². The molecule has 184 valence electrons. The van der Waals surface area contributed by atoms with Gasteiger partial charge >= 0.3 is 0 Å². The van der Waals surface area contributed by atoms with Gasteiger partial charge in [0.25, 0.3) is 11.8 Å². The monoisotopic (exact) mass is 482 g/mol. The van der Waals surface area contributed by atoms with Crippen molar-refractivity contribution in [2.24, 2.45) is 11.7 Å². The van der Waals surface area contributed by atoms with Crippen molar-refractivity contribution in [2.45, 2.75) is 38.0 Å². The predicted octanol–water partition coefficient (Wildman–Crippen LogP) is 3.68. The number of nitrogens with one attached hydrogen (secondary N) is 2. The number of halogens is 2. The van der Waals surface area contributed by atoms with Crippen LogP contribution in [0.4, 0.5) is 31.9 Å². The number of nitrogens with two attached hydrogens (primary N) is 1. The van der Waals surface area contributed by atoms with Gasteiger partial charge in [0, 0.05) is 63.0 Å². The molecule has 0 aliphatic carbocycles. The Bertz CT molecular complexity index is 1110. The lowest BCUT2D eigenvalue weighted by atomic mass is 9.94. The van der Waals surface area contributed by atoms with E-state index in [2.05, 4.69) is 21.4 Å². The molecular formula is C24H28F2N8O. The Hall–Kier alpha value is -3.81. The molecule has 1 aromatic heterocycles. The van der Waals surface area contributed by atoms with Crippen molar-refractivity contribution in [1.29, 1.82) is 10.7 Å². The van der Waals surface area contributed by atoms with E-state index in [-0.39, 0.29) is 43.0 Å². The number of anilines is 4. The summed E-state index contributed by atoms with van der Waals surface area (Å²) in [6.45, 7) is 1.91. The summed E-state index contributed by atoms with van der Waals surface area (Å²) in [4.78, 5) is 25.0. The number of hydrogen-bond acceptors (Lipinski definition) is 8. The SMILES string of the molecule is N#CCC1CCN(c2nc(C=N)c(C(N)=O)c(Nc3ccc(N4CCC(F)(F)CC4)cc3)n2)CC1. The third kappa shape index (κ3) is 5.65. The Labute approximate surface area is 202 Å². The number of carbonyl (C=O) groups is 1. The van der Waals surface area contributed by atoms with Gasteiger partial charge in [-0.25, -0.2) is 13.8 Å². The second-order valence-electron chi connectivity index (χ2n) is 8.95. The summed E-state index contributed by atoms with van der Waals surface area (Å²) in [5.74, 6) is -2.43. The molecule has 4 rings (SSSR count). The van der Waals surface area contributed by atoms with Crippen LogP contribution >= 0.6 is 0 Å². The molecule has 2 aliphatic rings. The Kier molecular flexibility index (Phi) is 7.10. The number of hydrogen-bond donors (Lipinski definition) is 3. The van der Waals surface area contributed by atoms with E-state index in [0.29, 0.717) is 37.1 Å². The van der Waals surface area contributed by atoms with Crippen LogP contribution in [-0.4, -0.2) is 54.2 Å². The first-order chi connectivity index (χ1) is 16.8. The van der Waals surface area contributed by atoms with Gasteiger partial charge in [0.15, 0.2) is 0 Å². The minimum absolute atomic E-state index is 0.0189. The molecule has 0 radical (unpaired) electrons. The van der Waals surface area contributed by atoms with E-state index in [9.17, 15) is 13.6 Å². The molecule has 1 amide bonds. The fourth-order valence-electron chi connectivity index (χ4n) is 4.50. The number of nitriles is 1. The molecule has 0 bridgehead atoms. The van der Waals surface area contributed by atoms with Gasteiger partial charge in [0.05, 0.1) is 6.07 Å². The number of rotatable bonds is 7. The predicted molar refractivity (Wildman–Crippen MR) is 130 cm³/mol. The summed E-state index contributed by atoms with van der Waals surface area (Å²) in [5.41, 5.74) is 7.20. The number of aromatic nitrogens is 2. The fraction of sp³-hybridized carbons (Fsp3) is 0.458. The van der Waals surface area contributed by atoms with Gasteiger partial charge in [-0.1, -0.05) is 0 Å². The number of benzene rings is 1. The van der Waals surface area contributed by atoms with Crippen molar-refractivity contribution in [2.75, 3.05) is 41.3 Å². The molecular weight excluding hydrogens is 454 g/mol. The fourth-order valence-corrected chi connectivity index (χ4v) is 4.50. The first kappa shape index (κ1) is 24.3. The van der Waals surface area contributed by atoms with Crippen LogP contribution in [0.15, 0.2) is 24.3 Å². The van der Waals surface area contributed by atoms with Gasteiger partial charge in [0.2, 0.25) is 5.95 Å². The second kappa shape index (κ2) is 10.2. The number of piperidine rings is 2. The van der Waals surface area contributed by atoms with Crippen LogP contribution in [0.3, 0.4) is 0 Å². The minimum Gasteiger partial charge on any atom is -0.371 e. The Morgan fingerprint density at radius 2 is 1.83 bits per heavy atom. The van der Waals surface area contributed by atoms with Gasteiger partial charge in [-0.2, -0.15) is 10.2 Å². The summed E-state index contributed by atoms with van der Waals surface area (Å²) >= 11 is 0. The summed E-state index contributed by atoms with van der Waals surface area (Å²) in [5, 5.41) is 19.8. The second-order valence-corrected chi connectivity index (χ2v) is 8.95. The molecule has 2 aliphatic heterocycles. The number of carbonyl (C=O) groups excluding carboxylic acids is 1. The van der Waals surface area contributed by atoms with E-state index in [1.165, 1.54) is 0 Å². The minimum atomic E-state index is -2.61. The van der Waals surface area contributed by atoms with E-state index < -0.39 is 11.8 Å². The smallest absolute Gasteiger partial charge is 0.254 e. The van der Waals surface area contributed by atoms with Crippen molar-refractivity contribution < 1.29 is 13.6 Å². The van der Waals surface area contributed by atoms with Crippen molar-refractivity contribution in [3.8, 4) is 6.07 Å². The van der Waals surface area contributed by atoms with Crippen LogP contribution in [0, 0.1) is 22.7 Å². The van der Waals surface area contributed by atoms with Gasteiger partial charge in [-0.3, -0.25) is 4.79 Å². The molecule has 35 heavy (non-hydrogen) atoms. The lowest BCUT2D eigenvalue weighted by Gasteiger charge is -2.33. The molecule has 2 aromatic rings. The van der Waals surface area contributed by atoms with Crippen LogP contribution in [0.25, 0.3) is 0 Å². The van der Waals surface area contributed by atoms with Gasteiger partial charge in [0.1, 0.15) is 17.1 Å². The highest BCUT2D eigenvalue weighted by molar-refractivity contribution is 6.04. The van der Waals surface area contributed by atoms with E-state index in [1.54, 1.807) is 12.1 Å². The summed E-state index contributed by atoms with van der Waals surface area (Å²) in [6, 6.07) is 9.44. The Balaban J connectivity index is 1.55. The van der Waals surface area contributed by atoms with Crippen LogP contribution < -0.4 is 20.9 Å². The molecule has 2 fully saturated rings. The van der Waals surface area contributed by atoms with Crippen LogP contribution in [0.5, 0.6) is 0 Å². The molecule has 11 heteroatoms. The van der Waals surface area contributed by atoms with Crippen LogP contribution in [0.2, 0.25) is 0 Å². The van der Waals surface area contributed by atoms with E-state index in [4.69, 9.17) is 16.4 Å². The molecule has 0 spiro atoms. The lowest BCUT2D eigenvalue weighted by Crippen LogP contribution is -2.39. The molecule has 2 saturated heterocycles. The maximum absolute atomic E-state index is 13.5. The Morgan fingerprint density at radius 3 is 2.40 bits per heavy atom. The van der Waals surface area contributed by atoms with Crippen LogP contribution in [-0.2, 0) is 0 Å². The number of primary amides is 1. The van der Waals surface area contributed by atoms with Crippen molar-refractivity contribution >= 4 is 35.3 Å². The molecule has 4 N–H and O–H groups in total. The number of alkyl halides is 2. The van der Waals surface area contributed by atoms with Gasteiger partial charge in [-0.05, 0) is 43.0 Å². The van der Waals surface area contributed by atoms with E-state index >= 15 is 0 Å². The van der Waals surface area contributed by atoms with E-state index in [1.807, 2.05) is 21.9 Å². The highest BCUT2D eigenvalue weighted by Crippen LogP contribution is 2.32. The normalized spacial score (nSPS) is 18.1. The lowest BCUT2D eigenvalue weighted by molar-refractivity contribution is -0.0220. The molecule has 0 saturated carbocycles. The summed E-state index contributed by atoms with van der Waals surface area (Å²) in [7, 11) is 0. The molecule has 0 unspecified atom stereocenters. The number of amides is 1. The first-order valence-corrected chi connectivity index (χ1v) is 11.6. The van der Waals surface area contributed by atoms with E-state index in [0.717, 1.165) is 24.7 Å². The average Bonchev–Trinajstić information content (AvgIpc) is 2.84. The van der Waals surface area contributed by atoms with Crippen LogP contribution in [0.1, 0.15) is 48.2 Å². The number of nitrogens with zero attached hydrogens (tertiary/aromatic N) is 5. The first-order valence-electron chi connectivity index (χ1n) is 11.6. The average molecular weight is 483 g/mol. The largest absolute Gasteiger partial charge is 0.371 e. The standard InChI is InChI=1S/C24H28F2N8O/c25-24(26)8-13-33(14-9-24)18-3-1-17(2-4-18)30-22-20(21(29)35)19(15-28)31-23(32-22)34-11-6-16(5-10-27)7-12-34/h1-4,15-16,28H,5-9,11-14H2,(H2,29,35)(H,30,31,32). The van der Waals surface area contributed by atoms with Gasteiger partial charge in [-0.15, -0.1) is 0 Å². The van der Waals surface area contributed by atoms with Crippen molar-refractivity contribution in [1.82, 2.24) is 9.97 Å². The molecule has 3 heterocycles. The zero-order valence-corrected chi connectivity index (χ0v) is 19.3. The third-order valence-corrected chi connectivity index (χ3v) is 6.58. The summed E-state index contributed by atoms with van der Waals surface area (Å²) < 4.78 is 26.9. The zero-order chi connectivity index (χ0) is 25.0. The maximum Gasteiger partial charge on any atom is 0.254 e. The molecule has 0 atom stereocenters.